The van der Waals surface area contributed by atoms with Crippen LogP contribution in [0.4, 0.5) is 0 Å². The largest absolute Gasteiger partial charge is 0.348 e. The predicted octanol–water partition coefficient (Wildman–Crippen LogP) is 3.16. The number of hydrogen-bond donors (Lipinski definition) is 1. The molecule has 21 heavy (non-hydrogen) atoms. The number of pyridine rings is 1. The van der Waals surface area contributed by atoms with Crippen LogP contribution in [0.1, 0.15) is 23.7 Å². The number of amides is 1. The summed E-state index contributed by atoms with van der Waals surface area (Å²) in [5, 5.41) is 11.5. The Morgan fingerprint density at radius 1 is 1.29 bits per heavy atom. The molecule has 0 aliphatic heterocycles. The molecule has 0 radical (unpaired) electrons. The first kappa shape index (κ1) is 15.2. The first-order valence-corrected chi connectivity index (χ1v) is 7.30. The molecule has 0 saturated heterocycles. The quantitative estimate of drug-likeness (QED) is 0.906. The zero-order valence-corrected chi connectivity index (χ0v) is 12.9. The Morgan fingerprint density at radius 3 is 2.67 bits per heavy atom. The van der Waals surface area contributed by atoms with Crippen molar-refractivity contribution in [3.63, 3.8) is 0 Å². The van der Waals surface area contributed by atoms with E-state index in [2.05, 4.69) is 26.2 Å². The molecule has 1 atom stereocenters. The average Bonchev–Trinajstić information content (AvgIpc) is 2.49. The molecule has 0 unspecified atom stereocenters. The summed E-state index contributed by atoms with van der Waals surface area (Å²) in [5.41, 5.74) is 1.87. The Balaban J connectivity index is 2.19. The van der Waals surface area contributed by atoms with Gasteiger partial charge in [0.15, 0.2) is 0 Å². The normalized spacial score (nSPS) is 11.4. The molecule has 2 aromatic rings. The highest BCUT2D eigenvalue weighted by atomic mass is 79.9. The van der Waals surface area contributed by atoms with E-state index in [4.69, 9.17) is 5.26 Å². The molecule has 0 fully saturated rings. The van der Waals surface area contributed by atoms with Gasteiger partial charge in [-0.05, 0) is 29.8 Å². The highest BCUT2D eigenvalue weighted by Gasteiger charge is 2.15. The number of nitrogens with zero attached hydrogens (tertiary/aromatic N) is 2. The second kappa shape index (κ2) is 7.55. The van der Waals surface area contributed by atoms with Gasteiger partial charge < -0.3 is 5.32 Å². The molecule has 0 spiro atoms. The van der Waals surface area contributed by atoms with Gasteiger partial charge in [0.25, 0.3) is 0 Å². The van der Waals surface area contributed by atoms with Crippen LogP contribution in [0.15, 0.2) is 53.1 Å². The third-order valence-electron chi connectivity index (χ3n) is 2.99. The molecular weight excluding hydrogens is 330 g/mol. The Bertz CT molecular complexity index is 635. The molecule has 0 bridgehead atoms. The number of carbonyl (C=O) groups excluding carboxylic acids is 1. The van der Waals surface area contributed by atoms with E-state index in [9.17, 15) is 4.79 Å². The molecule has 4 nitrogen and oxygen atoms in total. The van der Waals surface area contributed by atoms with Crippen molar-refractivity contribution in [3.8, 4) is 6.07 Å². The molecule has 2 rings (SSSR count). The number of nitriles is 1. The zero-order chi connectivity index (χ0) is 15.1. The SMILES string of the molecule is N#CCC(=O)N[C@H](Cc1ccccn1)c1ccc(Br)cc1. The summed E-state index contributed by atoms with van der Waals surface area (Å²) >= 11 is 3.39. The van der Waals surface area contributed by atoms with Crippen molar-refractivity contribution in [1.82, 2.24) is 10.3 Å². The smallest absolute Gasteiger partial charge is 0.234 e. The van der Waals surface area contributed by atoms with Gasteiger partial charge in [-0.25, -0.2) is 0 Å². The van der Waals surface area contributed by atoms with Gasteiger partial charge in [0.2, 0.25) is 5.91 Å². The van der Waals surface area contributed by atoms with Crippen LogP contribution in [0.3, 0.4) is 0 Å². The van der Waals surface area contributed by atoms with E-state index < -0.39 is 0 Å². The maximum atomic E-state index is 11.7. The minimum atomic E-state index is -0.277. The summed E-state index contributed by atoms with van der Waals surface area (Å²) in [4.78, 5) is 16.0. The van der Waals surface area contributed by atoms with Crippen molar-refractivity contribution in [3.05, 3.63) is 64.4 Å². The second-order valence-corrected chi connectivity index (χ2v) is 5.45. The summed E-state index contributed by atoms with van der Waals surface area (Å²) in [5.74, 6) is -0.277. The molecular formula is C16H14BrN3O. The van der Waals surface area contributed by atoms with Crippen molar-refractivity contribution in [2.24, 2.45) is 0 Å². The van der Waals surface area contributed by atoms with Crippen LogP contribution in [-0.2, 0) is 11.2 Å². The van der Waals surface area contributed by atoms with Gasteiger partial charge in [-0.1, -0.05) is 34.1 Å². The first-order chi connectivity index (χ1) is 10.2. The van der Waals surface area contributed by atoms with E-state index in [0.29, 0.717) is 6.42 Å². The molecule has 106 valence electrons. The molecule has 1 heterocycles. The topological polar surface area (TPSA) is 65.8 Å². The Labute approximate surface area is 132 Å². The monoisotopic (exact) mass is 343 g/mol. The number of benzene rings is 1. The fourth-order valence-electron chi connectivity index (χ4n) is 1.99. The van der Waals surface area contributed by atoms with Crippen LogP contribution in [0.25, 0.3) is 0 Å². The van der Waals surface area contributed by atoms with E-state index in [0.717, 1.165) is 15.7 Å². The van der Waals surface area contributed by atoms with Crippen molar-refractivity contribution in [1.29, 1.82) is 5.26 Å². The summed E-state index contributed by atoms with van der Waals surface area (Å²) in [6.45, 7) is 0. The van der Waals surface area contributed by atoms with E-state index in [1.165, 1.54) is 0 Å². The van der Waals surface area contributed by atoms with Gasteiger partial charge in [0.1, 0.15) is 6.42 Å². The molecule has 1 aromatic carbocycles. The highest BCUT2D eigenvalue weighted by Crippen LogP contribution is 2.20. The van der Waals surface area contributed by atoms with Gasteiger partial charge in [-0.3, -0.25) is 9.78 Å². The lowest BCUT2D eigenvalue weighted by atomic mass is 10.0. The van der Waals surface area contributed by atoms with Gasteiger partial charge in [-0.15, -0.1) is 0 Å². The molecule has 1 N–H and O–H groups in total. The number of nitrogens with one attached hydrogen (secondary N) is 1. The molecule has 0 saturated carbocycles. The molecule has 1 amide bonds. The van der Waals surface area contributed by atoms with Crippen LogP contribution in [-0.4, -0.2) is 10.9 Å². The number of halogens is 1. The summed E-state index contributed by atoms with van der Waals surface area (Å²) in [6, 6.07) is 15.1. The lowest BCUT2D eigenvalue weighted by molar-refractivity contribution is -0.120. The predicted molar refractivity (Wildman–Crippen MR) is 83.2 cm³/mol. The van der Waals surface area contributed by atoms with Crippen LogP contribution in [0, 0.1) is 11.3 Å². The van der Waals surface area contributed by atoms with E-state index in [1.807, 2.05) is 48.5 Å². The van der Waals surface area contributed by atoms with Crippen LogP contribution in [0.5, 0.6) is 0 Å². The fraction of sp³-hybridized carbons (Fsp3) is 0.188. The van der Waals surface area contributed by atoms with Crippen LogP contribution < -0.4 is 5.32 Å². The maximum absolute atomic E-state index is 11.7. The summed E-state index contributed by atoms with van der Waals surface area (Å²) in [6.07, 6.45) is 2.17. The molecule has 0 aliphatic rings. The summed E-state index contributed by atoms with van der Waals surface area (Å²) < 4.78 is 0.978. The minimum absolute atomic E-state index is 0.144. The van der Waals surface area contributed by atoms with Crippen molar-refractivity contribution in [2.75, 3.05) is 0 Å². The van der Waals surface area contributed by atoms with E-state index in [-0.39, 0.29) is 18.4 Å². The van der Waals surface area contributed by atoms with Gasteiger partial charge in [-0.2, -0.15) is 5.26 Å². The van der Waals surface area contributed by atoms with Crippen LogP contribution in [0.2, 0.25) is 0 Å². The lowest BCUT2D eigenvalue weighted by Gasteiger charge is -2.18. The number of rotatable bonds is 5. The zero-order valence-electron chi connectivity index (χ0n) is 11.3. The van der Waals surface area contributed by atoms with Crippen molar-refractivity contribution < 1.29 is 4.79 Å². The molecule has 5 heteroatoms. The maximum Gasteiger partial charge on any atom is 0.234 e. The lowest BCUT2D eigenvalue weighted by Crippen LogP contribution is -2.29. The third kappa shape index (κ3) is 4.69. The van der Waals surface area contributed by atoms with Gasteiger partial charge >= 0.3 is 0 Å². The fourth-order valence-corrected chi connectivity index (χ4v) is 2.26. The standard InChI is InChI=1S/C16H14BrN3O/c17-13-6-4-12(5-7-13)15(20-16(21)8-9-18)11-14-3-1-2-10-19-14/h1-7,10,15H,8,11H2,(H,20,21)/t15-/m1/s1. The number of carbonyl (C=O) groups is 1. The van der Waals surface area contributed by atoms with E-state index >= 15 is 0 Å². The first-order valence-electron chi connectivity index (χ1n) is 6.50. The van der Waals surface area contributed by atoms with Crippen molar-refractivity contribution in [2.45, 2.75) is 18.9 Å². The number of hydrogen-bond acceptors (Lipinski definition) is 3. The summed E-state index contributed by atoms with van der Waals surface area (Å²) in [7, 11) is 0. The second-order valence-electron chi connectivity index (χ2n) is 4.53. The van der Waals surface area contributed by atoms with Gasteiger partial charge in [0, 0.05) is 22.8 Å². The highest BCUT2D eigenvalue weighted by molar-refractivity contribution is 9.10. The minimum Gasteiger partial charge on any atom is -0.348 e. The average molecular weight is 344 g/mol. The Kier molecular flexibility index (Phi) is 5.47. The third-order valence-corrected chi connectivity index (χ3v) is 3.52. The van der Waals surface area contributed by atoms with Crippen molar-refractivity contribution >= 4 is 21.8 Å². The molecule has 1 aromatic heterocycles. The molecule has 0 aliphatic carbocycles. The Morgan fingerprint density at radius 2 is 2.05 bits per heavy atom. The van der Waals surface area contributed by atoms with Crippen LogP contribution >= 0.6 is 15.9 Å². The number of aromatic nitrogens is 1. The Hall–Kier alpha value is -2.19. The van der Waals surface area contributed by atoms with E-state index in [1.54, 1.807) is 6.20 Å². The van der Waals surface area contributed by atoms with Gasteiger partial charge in [0.05, 0.1) is 12.1 Å².